The highest BCUT2D eigenvalue weighted by molar-refractivity contribution is 6.30. The summed E-state index contributed by atoms with van der Waals surface area (Å²) < 4.78 is 0. The summed E-state index contributed by atoms with van der Waals surface area (Å²) >= 11 is 5.97. The van der Waals surface area contributed by atoms with Crippen LogP contribution in [0.4, 0.5) is 0 Å². The quantitative estimate of drug-likeness (QED) is 0.758. The lowest BCUT2D eigenvalue weighted by atomic mass is 9.86. The molecule has 0 aliphatic heterocycles. The minimum Gasteiger partial charge on any atom is -0.396 e. The van der Waals surface area contributed by atoms with E-state index in [4.69, 9.17) is 16.7 Å². The van der Waals surface area contributed by atoms with Gasteiger partial charge in [0, 0.05) is 17.9 Å². The van der Waals surface area contributed by atoms with Crippen molar-refractivity contribution in [3.63, 3.8) is 0 Å². The highest BCUT2D eigenvalue weighted by Gasteiger charge is 2.21. The lowest BCUT2D eigenvalue weighted by Gasteiger charge is -2.22. The van der Waals surface area contributed by atoms with Gasteiger partial charge in [-0.1, -0.05) is 11.6 Å². The topological polar surface area (TPSA) is 46.0 Å². The number of aromatic nitrogens is 2. The van der Waals surface area contributed by atoms with Crippen LogP contribution in [0.1, 0.15) is 24.1 Å². The van der Waals surface area contributed by atoms with Crippen molar-refractivity contribution in [1.82, 2.24) is 9.97 Å². The Labute approximate surface area is 88.2 Å². The first-order chi connectivity index (χ1) is 6.81. The summed E-state index contributed by atoms with van der Waals surface area (Å²) in [7, 11) is 0. The predicted molar refractivity (Wildman–Crippen MR) is 54.3 cm³/mol. The second kappa shape index (κ2) is 4.24. The molecule has 4 heteroatoms. The molecular formula is C10H13ClN2O. The monoisotopic (exact) mass is 212 g/mol. The average Bonchev–Trinajstić information content (AvgIpc) is 2.18. The van der Waals surface area contributed by atoms with Crippen molar-refractivity contribution >= 4 is 11.6 Å². The molecule has 1 atom stereocenters. The number of halogens is 1. The van der Waals surface area contributed by atoms with Gasteiger partial charge < -0.3 is 5.11 Å². The normalized spacial score (nSPS) is 20.6. The van der Waals surface area contributed by atoms with E-state index in [2.05, 4.69) is 9.97 Å². The molecule has 2 rings (SSSR count). The van der Waals surface area contributed by atoms with Gasteiger partial charge in [-0.05, 0) is 31.6 Å². The molecule has 1 aliphatic carbocycles. The van der Waals surface area contributed by atoms with Gasteiger partial charge in [0.15, 0.2) is 0 Å². The van der Waals surface area contributed by atoms with Gasteiger partial charge in [-0.3, -0.25) is 0 Å². The van der Waals surface area contributed by atoms with Crippen LogP contribution in [0.3, 0.4) is 0 Å². The number of aliphatic hydroxyl groups excluding tert-OH is 1. The summed E-state index contributed by atoms with van der Waals surface area (Å²) in [4.78, 5) is 8.20. The number of aliphatic hydroxyl groups is 1. The van der Waals surface area contributed by atoms with E-state index in [9.17, 15) is 0 Å². The Morgan fingerprint density at radius 1 is 1.50 bits per heavy atom. The van der Waals surface area contributed by atoms with Gasteiger partial charge in [0.25, 0.3) is 0 Å². The van der Waals surface area contributed by atoms with Gasteiger partial charge in [-0.2, -0.15) is 0 Å². The second-order valence-electron chi connectivity index (χ2n) is 3.71. The summed E-state index contributed by atoms with van der Waals surface area (Å²) in [5, 5.41) is 9.46. The van der Waals surface area contributed by atoms with Gasteiger partial charge in [0.05, 0.1) is 0 Å². The summed E-state index contributed by atoms with van der Waals surface area (Å²) in [5.41, 5.74) is 2.16. The van der Waals surface area contributed by atoms with Gasteiger partial charge in [-0.25, -0.2) is 9.97 Å². The maximum Gasteiger partial charge on any atom is 0.135 e. The Bertz CT molecular complexity index is 330. The summed E-state index contributed by atoms with van der Waals surface area (Å²) in [6.45, 7) is 0.263. The fraction of sp³-hybridized carbons (Fsp3) is 0.600. The molecule has 76 valence electrons. The van der Waals surface area contributed by atoms with Crippen LogP contribution in [0.5, 0.6) is 0 Å². The van der Waals surface area contributed by atoms with Crippen molar-refractivity contribution in [3.05, 3.63) is 22.7 Å². The third kappa shape index (κ3) is 1.88. The smallest absolute Gasteiger partial charge is 0.135 e. The molecule has 0 amide bonds. The van der Waals surface area contributed by atoms with Crippen LogP contribution in [0, 0.1) is 5.92 Å². The lowest BCUT2D eigenvalue weighted by Crippen LogP contribution is -2.17. The zero-order valence-corrected chi connectivity index (χ0v) is 8.67. The molecule has 1 N–H and O–H groups in total. The number of hydrogen-bond donors (Lipinski definition) is 1. The molecule has 0 fully saturated rings. The minimum absolute atomic E-state index is 0.263. The summed E-state index contributed by atoms with van der Waals surface area (Å²) in [6, 6.07) is 0. The summed E-state index contributed by atoms with van der Waals surface area (Å²) in [5.74, 6) is 0.554. The molecule has 0 saturated heterocycles. The molecule has 0 aromatic carbocycles. The molecule has 0 radical (unpaired) electrons. The van der Waals surface area contributed by atoms with Crippen LogP contribution in [-0.2, 0) is 12.8 Å². The van der Waals surface area contributed by atoms with E-state index >= 15 is 0 Å². The molecule has 0 saturated carbocycles. The molecule has 0 spiro atoms. The number of rotatable bonds is 2. The van der Waals surface area contributed by atoms with E-state index in [1.165, 1.54) is 6.33 Å². The standard InChI is InChI=1S/C10H13ClN2O/c11-10-8-2-1-7(3-4-14)5-9(8)12-6-13-10/h6-7,14H,1-5H2. The van der Waals surface area contributed by atoms with Gasteiger partial charge >= 0.3 is 0 Å². The first-order valence-electron chi connectivity index (χ1n) is 4.90. The molecular weight excluding hydrogens is 200 g/mol. The van der Waals surface area contributed by atoms with E-state index in [0.717, 1.165) is 36.9 Å². The minimum atomic E-state index is 0.263. The SMILES string of the molecule is OCCC1CCc2c(Cl)ncnc2C1. The van der Waals surface area contributed by atoms with E-state index in [1.807, 2.05) is 0 Å². The van der Waals surface area contributed by atoms with Crippen molar-refractivity contribution in [3.8, 4) is 0 Å². The third-order valence-electron chi connectivity index (χ3n) is 2.80. The van der Waals surface area contributed by atoms with Crippen LogP contribution in [0.25, 0.3) is 0 Å². The van der Waals surface area contributed by atoms with Crippen LogP contribution in [0.2, 0.25) is 5.15 Å². The zero-order chi connectivity index (χ0) is 9.97. The molecule has 1 heterocycles. The van der Waals surface area contributed by atoms with Crippen LogP contribution in [0.15, 0.2) is 6.33 Å². The molecule has 3 nitrogen and oxygen atoms in total. The van der Waals surface area contributed by atoms with Crippen LogP contribution >= 0.6 is 11.6 Å². The second-order valence-corrected chi connectivity index (χ2v) is 4.07. The number of nitrogens with zero attached hydrogens (tertiary/aromatic N) is 2. The zero-order valence-electron chi connectivity index (χ0n) is 7.91. The Hall–Kier alpha value is -0.670. The fourth-order valence-corrected chi connectivity index (χ4v) is 2.25. The first kappa shape index (κ1) is 9.87. The molecule has 0 bridgehead atoms. The van der Waals surface area contributed by atoms with E-state index in [0.29, 0.717) is 11.1 Å². The van der Waals surface area contributed by atoms with Crippen molar-refractivity contribution < 1.29 is 5.11 Å². The average molecular weight is 213 g/mol. The van der Waals surface area contributed by atoms with Crippen molar-refractivity contribution in [2.75, 3.05) is 6.61 Å². The highest BCUT2D eigenvalue weighted by atomic mass is 35.5. The molecule has 1 aromatic rings. The Morgan fingerprint density at radius 3 is 3.14 bits per heavy atom. The van der Waals surface area contributed by atoms with Crippen molar-refractivity contribution in [1.29, 1.82) is 0 Å². The lowest BCUT2D eigenvalue weighted by molar-refractivity contribution is 0.247. The first-order valence-corrected chi connectivity index (χ1v) is 5.28. The number of hydrogen-bond acceptors (Lipinski definition) is 3. The fourth-order valence-electron chi connectivity index (χ4n) is 2.00. The van der Waals surface area contributed by atoms with Crippen molar-refractivity contribution in [2.24, 2.45) is 5.92 Å². The van der Waals surface area contributed by atoms with Gasteiger partial charge in [-0.15, -0.1) is 0 Å². The summed E-state index contributed by atoms with van der Waals surface area (Å²) in [6.07, 6.45) is 5.34. The van der Waals surface area contributed by atoms with Crippen molar-refractivity contribution in [2.45, 2.75) is 25.7 Å². The Kier molecular flexibility index (Phi) is 2.99. The molecule has 1 unspecified atom stereocenters. The maximum absolute atomic E-state index is 8.86. The molecule has 1 aromatic heterocycles. The predicted octanol–water partition coefficient (Wildman–Crippen LogP) is 1.62. The maximum atomic E-state index is 8.86. The largest absolute Gasteiger partial charge is 0.396 e. The van der Waals surface area contributed by atoms with Crippen LogP contribution in [-0.4, -0.2) is 21.7 Å². The van der Waals surface area contributed by atoms with Gasteiger partial charge in [0.1, 0.15) is 11.5 Å². The Balaban J connectivity index is 2.18. The van der Waals surface area contributed by atoms with E-state index in [-0.39, 0.29) is 6.61 Å². The van der Waals surface area contributed by atoms with Gasteiger partial charge in [0.2, 0.25) is 0 Å². The van der Waals surface area contributed by atoms with Crippen LogP contribution < -0.4 is 0 Å². The third-order valence-corrected chi connectivity index (χ3v) is 3.13. The molecule has 14 heavy (non-hydrogen) atoms. The highest BCUT2D eigenvalue weighted by Crippen LogP contribution is 2.29. The van der Waals surface area contributed by atoms with E-state index < -0.39 is 0 Å². The Morgan fingerprint density at radius 2 is 2.36 bits per heavy atom. The molecule has 1 aliphatic rings. The van der Waals surface area contributed by atoms with E-state index in [1.54, 1.807) is 0 Å². The number of fused-ring (bicyclic) bond motifs is 1.